The van der Waals surface area contributed by atoms with Gasteiger partial charge in [0, 0.05) is 6.20 Å². The van der Waals surface area contributed by atoms with Crippen LogP contribution >= 0.6 is 11.6 Å². The summed E-state index contributed by atoms with van der Waals surface area (Å²) in [5, 5.41) is 11.7. The van der Waals surface area contributed by atoms with Crippen LogP contribution in [0.1, 0.15) is 20.8 Å². The normalized spacial score (nSPS) is 9.95. The number of rotatable bonds is 3. The largest absolute Gasteiger partial charge is 0.478 e. The van der Waals surface area contributed by atoms with Crippen molar-refractivity contribution in [3.05, 3.63) is 58.9 Å². The molecule has 19 heavy (non-hydrogen) atoms. The van der Waals surface area contributed by atoms with E-state index in [-0.39, 0.29) is 22.0 Å². The zero-order chi connectivity index (χ0) is 13.8. The molecule has 1 heterocycles. The summed E-state index contributed by atoms with van der Waals surface area (Å²) in [6.45, 7) is 0. The predicted molar refractivity (Wildman–Crippen MR) is 70.6 cm³/mol. The topological polar surface area (TPSA) is 79.3 Å². The number of hydrogen-bond acceptors (Lipinski definition) is 3. The third kappa shape index (κ3) is 2.89. The summed E-state index contributed by atoms with van der Waals surface area (Å²) in [7, 11) is 0. The molecule has 0 unspecified atom stereocenters. The van der Waals surface area contributed by atoms with E-state index in [1.54, 1.807) is 12.1 Å². The van der Waals surface area contributed by atoms with Crippen molar-refractivity contribution in [3.8, 4) is 0 Å². The van der Waals surface area contributed by atoms with Gasteiger partial charge in [0.25, 0.3) is 5.91 Å². The van der Waals surface area contributed by atoms with Crippen LogP contribution in [0.2, 0.25) is 5.02 Å². The zero-order valence-electron chi connectivity index (χ0n) is 9.63. The Kier molecular flexibility index (Phi) is 3.77. The number of halogens is 1. The lowest BCUT2D eigenvalue weighted by Crippen LogP contribution is -2.16. The summed E-state index contributed by atoms with van der Waals surface area (Å²) in [5.74, 6) is -1.69. The molecule has 0 aliphatic rings. The molecule has 2 aromatic rings. The van der Waals surface area contributed by atoms with E-state index in [1.165, 1.54) is 30.5 Å². The SMILES string of the molecule is O=C(Nc1c(Cl)cccc1C(=O)O)c1ccccn1. The maximum Gasteiger partial charge on any atom is 0.337 e. The van der Waals surface area contributed by atoms with Gasteiger partial charge in [-0.3, -0.25) is 9.78 Å². The molecule has 1 amide bonds. The average molecular weight is 277 g/mol. The third-order valence-electron chi connectivity index (χ3n) is 2.38. The number of amides is 1. The Balaban J connectivity index is 2.34. The highest BCUT2D eigenvalue weighted by molar-refractivity contribution is 6.34. The summed E-state index contributed by atoms with van der Waals surface area (Å²) >= 11 is 5.91. The van der Waals surface area contributed by atoms with Crippen molar-refractivity contribution in [1.82, 2.24) is 4.98 Å². The minimum Gasteiger partial charge on any atom is -0.478 e. The van der Waals surface area contributed by atoms with Gasteiger partial charge in [-0.25, -0.2) is 4.79 Å². The van der Waals surface area contributed by atoms with Gasteiger partial charge in [-0.1, -0.05) is 23.7 Å². The Morgan fingerprint density at radius 3 is 2.58 bits per heavy atom. The van der Waals surface area contributed by atoms with E-state index in [9.17, 15) is 9.59 Å². The molecule has 0 bridgehead atoms. The Hall–Kier alpha value is -2.40. The highest BCUT2D eigenvalue weighted by Gasteiger charge is 2.16. The van der Waals surface area contributed by atoms with E-state index in [4.69, 9.17) is 16.7 Å². The lowest BCUT2D eigenvalue weighted by molar-refractivity contribution is 0.0698. The van der Waals surface area contributed by atoms with Gasteiger partial charge in [0.2, 0.25) is 0 Å². The van der Waals surface area contributed by atoms with Gasteiger partial charge in [0.15, 0.2) is 0 Å². The number of carbonyl (C=O) groups excluding carboxylic acids is 1. The molecule has 1 aromatic carbocycles. The first kappa shape index (κ1) is 13.0. The monoisotopic (exact) mass is 276 g/mol. The molecule has 6 heteroatoms. The Morgan fingerprint density at radius 1 is 1.16 bits per heavy atom. The molecule has 0 aliphatic carbocycles. The highest BCUT2D eigenvalue weighted by atomic mass is 35.5. The number of para-hydroxylation sites is 1. The molecule has 0 spiro atoms. The first-order valence-corrected chi connectivity index (χ1v) is 5.71. The Bertz CT molecular complexity index is 629. The number of carbonyl (C=O) groups is 2. The van der Waals surface area contributed by atoms with Crippen LogP contribution in [0.5, 0.6) is 0 Å². The lowest BCUT2D eigenvalue weighted by Gasteiger charge is -2.09. The molecule has 96 valence electrons. The second-order valence-electron chi connectivity index (χ2n) is 3.64. The highest BCUT2D eigenvalue weighted by Crippen LogP contribution is 2.26. The van der Waals surface area contributed by atoms with Crippen molar-refractivity contribution in [1.29, 1.82) is 0 Å². The number of carboxylic acids is 1. The van der Waals surface area contributed by atoms with Crippen LogP contribution in [-0.4, -0.2) is 22.0 Å². The molecule has 5 nitrogen and oxygen atoms in total. The van der Waals surface area contributed by atoms with Gasteiger partial charge < -0.3 is 10.4 Å². The second-order valence-corrected chi connectivity index (χ2v) is 4.04. The minimum absolute atomic E-state index is 0.0623. The number of benzene rings is 1. The summed E-state index contributed by atoms with van der Waals surface area (Å²) in [6, 6.07) is 9.22. The van der Waals surface area contributed by atoms with Gasteiger partial charge >= 0.3 is 5.97 Å². The molecule has 0 saturated carbocycles. The number of carboxylic acid groups (broad SMARTS) is 1. The van der Waals surface area contributed by atoms with Crippen LogP contribution in [0.4, 0.5) is 5.69 Å². The van der Waals surface area contributed by atoms with Crippen molar-refractivity contribution >= 4 is 29.2 Å². The number of aromatic nitrogens is 1. The number of pyridine rings is 1. The fourth-order valence-corrected chi connectivity index (χ4v) is 1.73. The number of hydrogen-bond donors (Lipinski definition) is 2. The molecular weight excluding hydrogens is 268 g/mol. The Labute approximate surface area is 113 Å². The van der Waals surface area contributed by atoms with Crippen molar-refractivity contribution in [2.24, 2.45) is 0 Å². The molecule has 0 atom stereocenters. The molecule has 1 aromatic heterocycles. The van der Waals surface area contributed by atoms with Crippen LogP contribution < -0.4 is 5.32 Å². The molecule has 0 radical (unpaired) electrons. The number of aromatic carboxylic acids is 1. The van der Waals surface area contributed by atoms with E-state index < -0.39 is 11.9 Å². The van der Waals surface area contributed by atoms with E-state index in [2.05, 4.69) is 10.3 Å². The predicted octanol–water partition coefficient (Wildman–Crippen LogP) is 2.69. The first-order chi connectivity index (χ1) is 9.09. The summed E-state index contributed by atoms with van der Waals surface area (Å²) in [6.07, 6.45) is 1.47. The van der Waals surface area contributed by atoms with Crippen molar-refractivity contribution in [2.75, 3.05) is 5.32 Å². The fraction of sp³-hybridized carbons (Fsp3) is 0. The lowest BCUT2D eigenvalue weighted by atomic mass is 10.1. The maximum atomic E-state index is 11.9. The smallest absolute Gasteiger partial charge is 0.337 e. The summed E-state index contributed by atoms with van der Waals surface area (Å²) in [4.78, 5) is 26.9. The number of anilines is 1. The molecule has 2 rings (SSSR count). The molecule has 2 N–H and O–H groups in total. The molecule has 0 saturated heterocycles. The van der Waals surface area contributed by atoms with Gasteiger partial charge in [0.1, 0.15) is 5.69 Å². The van der Waals surface area contributed by atoms with Crippen molar-refractivity contribution in [2.45, 2.75) is 0 Å². The first-order valence-electron chi connectivity index (χ1n) is 5.34. The van der Waals surface area contributed by atoms with Crippen LogP contribution in [0.25, 0.3) is 0 Å². The van der Waals surface area contributed by atoms with Gasteiger partial charge in [0.05, 0.1) is 16.3 Å². The minimum atomic E-state index is -1.17. The fourth-order valence-electron chi connectivity index (χ4n) is 1.50. The van der Waals surface area contributed by atoms with Crippen LogP contribution in [-0.2, 0) is 0 Å². The maximum absolute atomic E-state index is 11.9. The number of nitrogens with one attached hydrogen (secondary N) is 1. The standard InChI is InChI=1S/C13H9ClN2O3/c14-9-5-3-4-8(13(18)19)11(9)16-12(17)10-6-1-2-7-15-10/h1-7H,(H,16,17)(H,18,19). The van der Waals surface area contributed by atoms with E-state index in [0.717, 1.165) is 0 Å². The average Bonchev–Trinajstić information content (AvgIpc) is 2.41. The van der Waals surface area contributed by atoms with E-state index in [1.807, 2.05) is 0 Å². The molecule has 0 aliphatic heterocycles. The summed E-state index contributed by atoms with van der Waals surface area (Å²) < 4.78 is 0. The van der Waals surface area contributed by atoms with Crippen LogP contribution in [0, 0.1) is 0 Å². The Morgan fingerprint density at radius 2 is 1.95 bits per heavy atom. The zero-order valence-corrected chi connectivity index (χ0v) is 10.4. The van der Waals surface area contributed by atoms with E-state index in [0.29, 0.717) is 0 Å². The molecule has 0 fully saturated rings. The van der Waals surface area contributed by atoms with Crippen LogP contribution in [0.3, 0.4) is 0 Å². The van der Waals surface area contributed by atoms with Gasteiger partial charge in [-0.15, -0.1) is 0 Å². The number of nitrogens with zero attached hydrogens (tertiary/aromatic N) is 1. The van der Waals surface area contributed by atoms with Gasteiger partial charge in [-0.05, 0) is 24.3 Å². The van der Waals surface area contributed by atoms with Crippen LogP contribution in [0.15, 0.2) is 42.6 Å². The third-order valence-corrected chi connectivity index (χ3v) is 2.70. The second kappa shape index (κ2) is 5.49. The van der Waals surface area contributed by atoms with E-state index >= 15 is 0 Å². The molecular formula is C13H9ClN2O3. The van der Waals surface area contributed by atoms with Crippen molar-refractivity contribution in [3.63, 3.8) is 0 Å². The quantitative estimate of drug-likeness (QED) is 0.903. The van der Waals surface area contributed by atoms with Crippen molar-refractivity contribution < 1.29 is 14.7 Å². The van der Waals surface area contributed by atoms with Gasteiger partial charge in [-0.2, -0.15) is 0 Å². The summed E-state index contributed by atoms with van der Waals surface area (Å²) in [5.41, 5.74) is 0.169.